The summed E-state index contributed by atoms with van der Waals surface area (Å²) < 4.78 is 0. The van der Waals surface area contributed by atoms with E-state index in [9.17, 15) is 5.11 Å². The quantitative estimate of drug-likeness (QED) is 0.587. The summed E-state index contributed by atoms with van der Waals surface area (Å²) >= 11 is 0. The highest BCUT2D eigenvalue weighted by molar-refractivity contribution is 4.82. The van der Waals surface area contributed by atoms with Crippen LogP contribution in [0.4, 0.5) is 0 Å². The molecule has 0 aromatic carbocycles. The summed E-state index contributed by atoms with van der Waals surface area (Å²) in [6.45, 7) is 9.27. The Bertz CT molecular complexity index is 156. The van der Waals surface area contributed by atoms with Crippen molar-refractivity contribution in [2.45, 2.75) is 32.3 Å². The maximum atomic E-state index is 9.71. The molecular weight excluding hydrogens is 176 g/mol. The number of allylic oxidation sites excluding steroid dienone is 2. The van der Waals surface area contributed by atoms with Gasteiger partial charge in [-0.2, -0.15) is 0 Å². The molecule has 0 unspecified atom stereocenters. The van der Waals surface area contributed by atoms with Crippen molar-refractivity contribution in [1.29, 1.82) is 0 Å². The van der Waals surface area contributed by atoms with E-state index in [1.165, 1.54) is 0 Å². The van der Waals surface area contributed by atoms with Crippen LogP contribution in [0.15, 0.2) is 25.3 Å². The molecule has 0 saturated carbocycles. The monoisotopic (exact) mass is 198 g/mol. The van der Waals surface area contributed by atoms with Gasteiger partial charge in [0.1, 0.15) is 0 Å². The lowest BCUT2D eigenvalue weighted by atomic mass is 9.90. The minimum absolute atomic E-state index is 0.0378. The third-order valence-corrected chi connectivity index (χ3v) is 2.52. The Labute approximate surface area is 87.0 Å². The van der Waals surface area contributed by atoms with Gasteiger partial charge in [-0.25, -0.2) is 0 Å². The van der Waals surface area contributed by atoms with Crippen LogP contribution in [0.5, 0.6) is 0 Å². The molecule has 0 aliphatic carbocycles. The number of hydrogen-bond donors (Lipinski definition) is 2. The van der Waals surface area contributed by atoms with Gasteiger partial charge >= 0.3 is 0 Å². The summed E-state index contributed by atoms with van der Waals surface area (Å²) in [4.78, 5) is 0. The largest absolute Gasteiger partial charge is 0.396 e. The third kappa shape index (κ3) is 5.20. The van der Waals surface area contributed by atoms with E-state index >= 15 is 0 Å². The molecule has 2 N–H and O–H groups in total. The minimum Gasteiger partial charge on any atom is -0.396 e. The van der Waals surface area contributed by atoms with Gasteiger partial charge in [0.25, 0.3) is 0 Å². The van der Waals surface area contributed by atoms with Gasteiger partial charge in [0, 0.05) is 12.5 Å². The topological polar surface area (TPSA) is 40.5 Å². The van der Waals surface area contributed by atoms with Crippen molar-refractivity contribution in [3.63, 3.8) is 0 Å². The number of hydrogen-bond acceptors (Lipinski definition) is 2. The van der Waals surface area contributed by atoms with Crippen LogP contribution in [-0.2, 0) is 0 Å². The summed E-state index contributed by atoms with van der Waals surface area (Å²) in [7, 11) is 0. The van der Waals surface area contributed by atoms with Crippen molar-refractivity contribution in [3.05, 3.63) is 25.3 Å². The predicted molar refractivity (Wildman–Crippen MR) is 60.0 cm³/mol. The maximum Gasteiger partial charge on any atom is 0.0590 e. The van der Waals surface area contributed by atoms with E-state index < -0.39 is 6.10 Å². The van der Waals surface area contributed by atoms with Gasteiger partial charge in [0.15, 0.2) is 0 Å². The molecule has 0 aliphatic rings. The molecule has 0 aliphatic heterocycles. The molecule has 0 aromatic rings. The van der Waals surface area contributed by atoms with Crippen molar-refractivity contribution in [2.75, 3.05) is 6.61 Å². The van der Waals surface area contributed by atoms with Crippen molar-refractivity contribution < 1.29 is 10.2 Å². The Hall–Kier alpha value is -0.600. The normalized spacial score (nSPS) is 15.1. The zero-order chi connectivity index (χ0) is 11.0. The van der Waals surface area contributed by atoms with Crippen LogP contribution in [0.1, 0.15) is 26.2 Å². The van der Waals surface area contributed by atoms with Gasteiger partial charge in [-0.1, -0.05) is 19.1 Å². The van der Waals surface area contributed by atoms with Gasteiger partial charge in [-0.3, -0.25) is 0 Å². The lowest BCUT2D eigenvalue weighted by Crippen LogP contribution is -2.23. The Morgan fingerprint density at radius 2 is 1.71 bits per heavy atom. The molecule has 2 nitrogen and oxygen atoms in total. The van der Waals surface area contributed by atoms with Crippen LogP contribution in [-0.4, -0.2) is 22.9 Å². The fourth-order valence-electron chi connectivity index (χ4n) is 1.46. The first-order valence-corrected chi connectivity index (χ1v) is 5.16. The number of rotatable bonds is 8. The second-order valence-corrected chi connectivity index (χ2v) is 3.88. The molecule has 0 fully saturated rings. The molecular formula is C12H22O2. The van der Waals surface area contributed by atoms with Crippen LogP contribution < -0.4 is 0 Å². The molecule has 2 atom stereocenters. The average Bonchev–Trinajstić information content (AvgIpc) is 2.17. The summed E-state index contributed by atoms with van der Waals surface area (Å²) in [5.41, 5.74) is 0. The summed E-state index contributed by atoms with van der Waals surface area (Å²) in [5.74, 6) is 0.348. The number of aliphatic hydroxyl groups is 2. The van der Waals surface area contributed by atoms with Gasteiger partial charge < -0.3 is 10.2 Å². The first-order valence-electron chi connectivity index (χ1n) is 5.16. The molecule has 0 spiro atoms. The summed E-state index contributed by atoms with van der Waals surface area (Å²) in [6.07, 6.45) is 5.79. The van der Waals surface area contributed by atoms with Gasteiger partial charge in [-0.15, -0.1) is 13.2 Å². The van der Waals surface area contributed by atoms with Crippen molar-refractivity contribution in [2.24, 2.45) is 11.8 Å². The molecule has 0 bridgehead atoms. The highest BCUT2D eigenvalue weighted by Gasteiger charge is 2.17. The maximum absolute atomic E-state index is 9.71. The molecule has 82 valence electrons. The fraction of sp³-hybridized carbons (Fsp3) is 0.667. The van der Waals surface area contributed by atoms with Crippen molar-refractivity contribution in [1.82, 2.24) is 0 Å². The molecule has 14 heavy (non-hydrogen) atoms. The molecule has 0 heterocycles. The first-order chi connectivity index (χ1) is 6.65. The van der Waals surface area contributed by atoms with E-state index in [-0.39, 0.29) is 12.5 Å². The lowest BCUT2D eigenvalue weighted by Gasteiger charge is -2.21. The van der Waals surface area contributed by atoms with E-state index in [0.717, 1.165) is 12.8 Å². The molecule has 0 aromatic heterocycles. The van der Waals surface area contributed by atoms with E-state index in [2.05, 4.69) is 13.2 Å². The molecule has 2 heteroatoms. The van der Waals surface area contributed by atoms with Crippen LogP contribution in [0.2, 0.25) is 0 Å². The standard InChI is InChI=1S/C12H22O2/c1-4-6-11(7-5-2)8-12(14)10(3)9-13/h4-5,10-14H,1-2,6-9H2,3H3/t10-,12-/m1/s1. The Morgan fingerprint density at radius 1 is 1.21 bits per heavy atom. The fourth-order valence-corrected chi connectivity index (χ4v) is 1.46. The second-order valence-electron chi connectivity index (χ2n) is 3.88. The molecule has 0 amide bonds. The van der Waals surface area contributed by atoms with E-state index in [1.807, 2.05) is 19.1 Å². The zero-order valence-electron chi connectivity index (χ0n) is 9.02. The van der Waals surface area contributed by atoms with E-state index in [1.54, 1.807) is 0 Å². The van der Waals surface area contributed by atoms with Crippen LogP contribution in [0.25, 0.3) is 0 Å². The highest BCUT2D eigenvalue weighted by atomic mass is 16.3. The second kappa shape index (κ2) is 7.77. The summed E-state index contributed by atoms with van der Waals surface area (Å²) in [6, 6.07) is 0. The SMILES string of the molecule is C=CCC(CC=C)C[C@@H](O)[C@H](C)CO. The lowest BCUT2D eigenvalue weighted by molar-refractivity contribution is 0.0578. The third-order valence-electron chi connectivity index (χ3n) is 2.52. The Balaban J connectivity index is 3.99. The van der Waals surface area contributed by atoms with Gasteiger partial charge in [0.05, 0.1) is 6.10 Å². The number of aliphatic hydroxyl groups excluding tert-OH is 2. The van der Waals surface area contributed by atoms with Crippen molar-refractivity contribution >= 4 is 0 Å². The first kappa shape index (κ1) is 13.4. The predicted octanol–water partition coefficient (Wildman–Crippen LogP) is 2.13. The molecule has 0 radical (unpaired) electrons. The summed E-state index contributed by atoms with van der Waals surface area (Å²) in [5, 5.41) is 18.6. The smallest absolute Gasteiger partial charge is 0.0590 e. The van der Waals surface area contributed by atoms with E-state index in [0.29, 0.717) is 12.3 Å². The highest BCUT2D eigenvalue weighted by Crippen LogP contribution is 2.20. The van der Waals surface area contributed by atoms with Crippen LogP contribution in [0, 0.1) is 11.8 Å². The zero-order valence-corrected chi connectivity index (χ0v) is 9.02. The Kier molecular flexibility index (Phi) is 7.44. The minimum atomic E-state index is -0.426. The molecule has 0 saturated heterocycles. The Morgan fingerprint density at radius 3 is 2.07 bits per heavy atom. The van der Waals surface area contributed by atoms with Crippen molar-refractivity contribution in [3.8, 4) is 0 Å². The van der Waals surface area contributed by atoms with Gasteiger partial charge in [0.2, 0.25) is 0 Å². The van der Waals surface area contributed by atoms with Crippen LogP contribution in [0.3, 0.4) is 0 Å². The van der Waals surface area contributed by atoms with Gasteiger partial charge in [-0.05, 0) is 25.2 Å². The van der Waals surface area contributed by atoms with E-state index in [4.69, 9.17) is 5.11 Å². The van der Waals surface area contributed by atoms with Crippen LogP contribution >= 0.6 is 0 Å². The average molecular weight is 198 g/mol. The molecule has 0 rings (SSSR count).